The molecule has 86 valence electrons. The van der Waals surface area contributed by atoms with Crippen LogP contribution in [-0.2, 0) is 4.74 Å². The Morgan fingerprint density at radius 2 is 2.00 bits per heavy atom. The summed E-state index contributed by atoms with van der Waals surface area (Å²) < 4.78 is 5.03. The first-order chi connectivity index (χ1) is 6.75. The smallest absolute Gasteiger partial charge is 0.444 e. The maximum Gasteiger partial charge on any atom is 0.459 e. The largest absolute Gasteiger partial charge is 0.459 e. The SMILES string of the molecule is CC(C)(C)OC(=O)NCC1(B(O)O)CC1. The van der Waals surface area contributed by atoms with E-state index in [1.165, 1.54) is 0 Å². The monoisotopic (exact) mass is 215 g/mol. The number of carbonyl (C=O) groups excluding carboxylic acids is 1. The molecule has 0 unspecified atom stereocenters. The fourth-order valence-corrected chi connectivity index (χ4v) is 1.25. The van der Waals surface area contributed by atoms with Crippen molar-refractivity contribution in [2.75, 3.05) is 6.54 Å². The third-order valence-corrected chi connectivity index (χ3v) is 2.42. The van der Waals surface area contributed by atoms with Gasteiger partial charge in [0.2, 0.25) is 0 Å². The zero-order valence-electron chi connectivity index (χ0n) is 9.41. The third kappa shape index (κ3) is 3.72. The lowest BCUT2D eigenvalue weighted by molar-refractivity contribution is 0.0525. The van der Waals surface area contributed by atoms with Crippen LogP contribution in [0.2, 0.25) is 5.31 Å². The summed E-state index contributed by atoms with van der Waals surface area (Å²) >= 11 is 0. The van der Waals surface area contributed by atoms with Gasteiger partial charge in [0.15, 0.2) is 0 Å². The summed E-state index contributed by atoms with van der Waals surface area (Å²) in [6, 6.07) is 0. The van der Waals surface area contributed by atoms with Crippen molar-refractivity contribution in [1.82, 2.24) is 5.32 Å². The minimum absolute atomic E-state index is 0.250. The highest BCUT2D eigenvalue weighted by molar-refractivity contribution is 6.47. The van der Waals surface area contributed by atoms with Crippen molar-refractivity contribution in [3.63, 3.8) is 0 Å². The Balaban J connectivity index is 2.29. The van der Waals surface area contributed by atoms with Crippen LogP contribution in [0, 0.1) is 0 Å². The predicted molar refractivity (Wildman–Crippen MR) is 56.4 cm³/mol. The Bertz CT molecular complexity index is 245. The Morgan fingerprint density at radius 1 is 1.47 bits per heavy atom. The van der Waals surface area contributed by atoms with E-state index in [4.69, 9.17) is 14.8 Å². The van der Waals surface area contributed by atoms with Crippen LogP contribution >= 0.6 is 0 Å². The van der Waals surface area contributed by atoms with Crippen LogP contribution in [0.1, 0.15) is 33.6 Å². The average Bonchev–Trinajstić information content (AvgIpc) is 2.77. The van der Waals surface area contributed by atoms with Crippen molar-refractivity contribution < 1.29 is 19.6 Å². The van der Waals surface area contributed by atoms with E-state index >= 15 is 0 Å². The van der Waals surface area contributed by atoms with Gasteiger partial charge in [-0.3, -0.25) is 0 Å². The molecule has 0 aromatic heterocycles. The number of amides is 1. The van der Waals surface area contributed by atoms with E-state index in [9.17, 15) is 4.79 Å². The third-order valence-electron chi connectivity index (χ3n) is 2.42. The molecule has 1 aliphatic carbocycles. The van der Waals surface area contributed by atoms with E-state index in [1.807, 2.05) is 0 Å². The molecule has 1 fully saturated rings. The lowest BCUT2D eigenvalue weighted by Gasteiger charge is -2.21. The van der Waals surface area contributed by atoms with Crippen LogP contribution in [0.4, 0.5) is 4.79 Å². The molecule has 0 spiro atoms. The van der Waals surface area contributed by atoms with E-state index < -0.39 is 24.1 Å². The molecule has 5 nitrogen and oxygen atoms in total. The molecule has 6 heteroatoms. The molecule has 0 radical (unpaired) electrons. The van der Waals surface area contributed by atoms with Crippen LogP contribution in [0.3, 0.4) is 0 Å². The standard InChI is InChI=1S/C9H18BNO4/c1-8(2,3)15-7(12)11-6-9(4-5-9)10(13)14/h13-14H,4-6H2,1-3H3,(H,11,12). The van der Waals surface area contributed by atoms with E-state index in [0.29, 0.717) is 0 Å². The molecule has 1 amide bonds. The zero-order valence-corrected chi connectivity index (χ0v) is 9.41. The normalized spacial score (nSPS) is 18.2. The lowest BCUT2D eigenvalue weighted by Crippen LogP contribution is -2.38. The summed E-state index contributed by atoms with van der Waals surface area (Å²) in [4.78, 5) is 11.3. The second kappa shape index (κ2) is 4.02. The Morgan fingerprint density at radius 3 is 2.33 bits per heavy atom. The Labute approximate surface area is 90.0 Å². The van der Waals surface area contributed by atoms with Gasteiger partial charge in [-0.25, -0.2) is 4.79 Å². The molecule has 0 aliphatic heterocycles. The van der Waals surface area contributed by atoms with Gasteiger partial charge in [-0.05, 0) is 33.6 Å². The summed E-state index contributed by atoms with van der Waals surface area (Å²) in [7, 11) is -1.37. The lowest BCUT2D eigenvalue weighted by atomic mass is 9.69. The maximum atomic E-state index is 11.3. The molecule has 1 aliphatic rings. The first kappa shape index (κ1) is 12.3. The predicted octanol–water partition coefficient (Wildman–Crippen LogP) is 0.518. The summed E-state index contributed by atoms with van der Waals surface area (Å²) in [5.74, 6) is 0. The fraction of sp³-hybridized carbons (Fsp3) is 0.889. The van der Waals surface area contributed by atoms with E-state index in [0.717, 1.165) is 12.8 Å². The Hall–Kier alpha value is -0.745. The summed E-state index contributed by atoms with van der Waals surface area (Å²) in [5, 5.41) is 20.1. The molecule has 1 rings (SSSR count). The van der Waals surface area contributed by atoms with Gasteiger partial charge < -0.3 is 20.1 Å². The maximum absolute atomic E-state index is 11.3. The molecule has 1 saturated carbocycles. The van der Waals surface area contributed by atoms with Gasteiger partial charge in [0.25, 0.3) is 0 Å². The van der Waals surface area contributed by atoms with Crippen LogP contribution in [0.25, 0.3) is 0 Å². The molecule has 0 aromatic rings. The summed E-state index contributed by atoms with van der Waals surface area (Å²) in [6.07, 6.45) is 0.926. The summed E-state index contributed by atoms with van der Waals surface area (Å²) in [6.45, 7) is 5.58. The van der Waals surface area contributed by atoms with Crippen LogP contribution in [0.15, 0.2) is 0 Å². The van der Waals surface area contributed by atoms with Crippen LogP contribution < -0.4 is 5.32 Å². The van der Waals surface area contributed by atoms with Crippen molar-refractivity contribution in [3.8, 4) is 0 Å². The molecule has 15 heavy (non-hydrogen) atoms. The van der Waals surface area contributed by atoms with Crippen LogP contribution in [0.5, 0.6) is 0 Å². The minimum Gasteiger partial charge on any atom is -0.444 e. The highest BCUT2D eigenvalue weighted by atomic mass is 16.6. The number of rotatable bonds is 3. The van der Waals surface area contributed by atoms with Gasteiger partial charge in [0.05, 0.1) is 0 Å². The van der Waals surface area contributed by atoms with Gasteiger partial charge in [-0.15, -0.1) is 0 Å². The fourth-order valence-electron chi connectivity index (χ4n) is 1.25. The van der Waals surface area contributed by atoms with Gasteiger partial charge >= 0.3 is 13.2 Å². The number of ether oxygens (including phenoxy) is 1. The summed E-state index contributed by atoms with van der Waals surface area (Å²) in [5.41, 5.74) is -0.529. The average molecular weight is 215 g/mol. The van der Waals surface area contributed by atoms with Gasteiger partial charge in [0.1, 0.15) is 5.60 Å². The molecule has 0 heterocycles. The number of alkyl carbamates (subject to hydrolysis) is 1. The Kier molecular flexibility index (Phi) is 3.30. The molecule has 0 atom stereocenters. The molecular weight excluding hydrogens is 197 g/mol. The van der Waals surface area contributed by atoms with Gasteiger partial charge in [-0.1, -0.05) is 0 Å². The van der Waals surface area contributed by atoms with E-state index in [-0.39, 0.29) is 6.54 Å². The van der Waals surface area contributed by atoms with Gasteiger partial charge in [0, 0.05) is 11.9 Å². The quantitative estimate of drug-likeness (QED) is 0.599. The number of nitrogens with one attached hydrogen (secondary N) is 1. The zero-order chi connectivity index (χ0) is 11.7. The van der Waals surface area contributed by atoms with E-state index in [1.54, 1.807) is 20.8 Å². The molecule has 0 aromatic carbocycles. The second-order valence-electron chi connectivity index (χ2n) is 5.09. The van der Waals surface area contributed by atoms with Crippen molar-refractivity contribution in [1.29, 1.82) is 0 Å². The van der Waals surface area contributed by atoms with Gasteiger partial charge in [-0.2, -0.15) is 0 Å². The first-order valence-electron chi connectivity index (χ1n) is 5.08. The molecule has 0 bridgehead atoms. The molecule has 0 saturated heterocycles. The van der Waals surface area contributed by atoms with Crippen molar-refractivity contribution in [2.24, 2.45) is 0 Å². The highest BCUT2D eigenvalue weighted by Gasteiger charge is 2.52. The molecule has 3 N–H and O–H groups in total. The van der Waals surface area contributed by atoms with Crippen LogP contribution in [-0.4, -0.2) is 35.4 Å². The van der Waals surface area contributed by atoms with Crippen molar-refractivity contribution in [3.05, 3.63) is 0 Å². The number of carbonyl (C=O) groups is 1. The molecular formula is C9H18BNO4. The number of hydrogen-bond donors (Lipinski definition) is 3. The highest BCUT2D eigenvalue weighted by Crippen LogP contribution is 2.53. The topological polar surface area (TPSA) is 78.8 Å². The second-order valence-corrected chi connectivity index (χ2v) is 5.09. The minimum atomic E-state index is -1.37. The van der Waals surface area contributed by atoms with Crippen molar-refractivity contribution >= 4 is 13.2 Å². The first-order valence-corrected chi connectivity index (χ1v) is 5.08. The number of hydrogen-bond acceptors (Lipinski definition) is 4. The van der Waals surface area contributed by atoms with Crippen molar-refractivity contribution in [2.45, 2.75) is 44.5 Å². The van der Waals surface area contributed by atoms with E-state index in [2.05, 4.69) is 5.32 Å².